The first kappa shape index (κ1) is 13.7. The summed E-state index contributed by atoms with van der Waals surface area (Å²) in [5.74, 6) is 5.08. The summed E-state index contributed by atoms with van der Waals surface area (Å²) in [6.07, 6.45) is 1.64. The van der Waals surface area contributed by atoms with Crippen LogP contribution in [0.25, 0.3) is 0 Å². The average molecular weight is 306 g/mol. The van der Waals surface area contributed by atoms with Gasteiger partial charge in [-0.15, -0.1) is 0 Å². The van der Waals surface area contributed by atoms with E-state index < -0.39 is 5.91 Å². The second kappa shape index (κ2) is 5.23. The second-order valence-corrected chi connectivity index (χ2v) is 5.14. The lowest BCUT2D eigenvalue weighted by atomic mass is 10.2. The topological polar surface area (TPSA) is 88.6 Å². The Morgan fingerprint density at radius 1 is 1.43 bits per heavy atom. The van der Waals surface area contributed by atoms with Gasteiger partial charge in [-0.1, -0.05) is 17.7 Å². The van der Waals surface area contributed by atoms with Crippen molar-refractivity contribution in [3.8, 4) is 0 Å². The molecule has 3 N–H and O–H groups in total. The predicted molar refractivity (Wildman–Crippen MR) is 76.7 cm³/mol. The molecule has 1 aromatic carbocycles. The summed E-state index contributed by atoms with van der Waals surface area (Å²) < 4.78 is 5.30. The van der Waals surface area contributed by atoms with E-state index in [0.29, 0.717) is 22.8 Å². The highest BCUT2D eigenvalue weighted by Crippen LogP contribution is 2.32. The Morgan fingerprint density at radius 3 is 3.00 bits per heavy atom. The lowest BCUT2D eigenvalue weighted by molar-refractivity contribution is -0.117. The number of amides is 2. The van der Waals surface area contributed by atoms with Gasteiger partial charge in [0.05, 0.1) is 18.5 Å². The van der Waals surface area contributed by atoms with Gasteiger partial charge in [0.2, 0.25) is 5.91 Å². The Morgan fingerprint density at radius 2 is 2.24 bits per heavy atom. The second-order valence-electron chi connectivity index (χ2n) is 4.70. The van der Waals surface area contributed by atoms with Crippen LogP contribution in [-0.4, -0.2) is 11.8 Å². The van der Waals surface area contributed by atoms with E-state index >= 15 is 0 Å². The molecule has 0 atom stereocenters. The highest BCUT2D eigenvalue weighted by atomic mass is 35.5. The fourth-order valence-corrected chi connectivity index (χ4v) is 2.49. The SMILES string of the molecule is NNC(=O)c1coc(CN2C(=O)Cc3ccc(Cl)cc32)c1. The average Bonchev–Trinajstić information content (AvgIpc) is 3.05. The third kappa shape index (κ3) is 2.51. The van der Waals surface area contributed by atoms with Crippen molar-refractivity contribution in [2.75, 3.05) is 4.90 Å². The summed E-state index contributed by atoms with van der Waals surface area (Å²) in [6.45, 7) is 0.240. The number of furan rings is 1. The Labute approximate surface area is 125 Å². The molecule has 6 nitrogen and oxygen atoms in total. The van der Waals surface area contributed by atoms with Gasteiger partial charge in [-0.3, -0.25) is 15.0 Å². The number of nitrogens with zero attached hydrogens (tertiary/aromatic N) is 1. The summed E-state index contributed by atoms with van der Waals surface area (Å²) in [5.41, 5.74) is 4.03. The molecule has 0 spiro atoms. The molecule has 2 amide bonds. The van der Waals surface area contributed by atoms with Crippen molar-refractivity contribution in [2.24, 2.45) is 5.84 Å². The first-order valence-corrected chi connectivity index (χ1v) is 6.63. The van der Waals surface area contributed by atoms with E-state index in [4.69, 9.17) is 21.9 Å². The standard InChI is InChI=1S/C14H12ClN3O3/c15-10-2-1-8-4-13(19)18(12(8)5-10)6-11-3-9(7-21-11)14(20)17-16/h1-3,5,7H,4,6,16H2,(H,17,20). The zero-order chi connectivity index (χ0) is 15.0. The Bertz CT molecular complexity index is 726. The third-order valence-electron chi connectivity index (χ3n) is 3.34. The van der Waals surface area contributed by atoms with Crippen LogP contribution < -0.4 is 16.2 Å². The predicted octanol–water partition coefficient (Wildman–Crippen LogP) is 1.63. The van der Waals surface area contributed by atoms with Crippen LogP contribution in [-0.2, 0) is 17.8 Å². The minimum absolute atomic E-state index is 0.0338. The Hall–Kier alpha value is -2.31. The molecular weight excluding hydrogens is 294 g/mol. The zero-order valence-corrected chi connectivity index (χ0v) is 11.7. The van der Waals surface area contributed by atoms with Gasteiger partial charge in [0.15, 0.2) is 0 Å². The molecule has 0 unspecified atom stereocenters. The van der Waals surface area contributed by atoms with E-state index in [-0.39, 0.29) is 12.5 Å². The first-order valence-electron chi connectivity index (χ1n) is 6.25. The number of nitrogen functional groups attached to an aromatic ring is 1. The number of nitrogens with one attached hydrogen (secondary N) is 1. The Balaban J connectivity index is 1.85. The molecule has 1 aliphatic heterocycles. The van der Waals surface area contributed by atoms with Gasteiger partial charge >= 0.3 is 0 Å². The maximum atomic E-state index is 12.1. The minimum Gasteiger partial charge on any atom is -0.467 e. The number of hydrazine groups is 1. The lowest BCUT2D eigenvalue weighted by Gasteiger charge is -2.15. The highest BCUT2D eigenvalue weighted by molar-refractivity contribution is 6.31. The quantitative estimate of drug-likeness (QED) is 0.512. The summed E-state index contributed by atoms with van der Waals surface area (Å²) >= 11 is 5.98. The van der Waals surface area contributed by atoms with Gasteiger partial charge < -0.3 is 9.32 Å². The summed E-state index contributed by atoms with van der Waals surface area (Å²) in [5, 5.41) is 0.566. The largest absolute Gasteiger partial charge is 0.467 e. The van der Waals surface area contributed by atoms with Crippen molar-refractivity contribution in [1.29, 1.82) is 0 Å². The van der Waals surface area contributed by atoms with E-state index in [9.17, 15) is 9.59 Å². The number of hydrogen-bond donors (Lipinski definition) is 2. The molecule has 7 heteroatoms. The van der Waals surface area contributed by atoms with Gasteiger partial charge in [0.1, 0.15) is 12.0 Å². The molecule has 1 aromatic heterocycles. The van der Waals surface area contributed by atoms with E-state index in [2.05, 4.69) is 0 Å². The number of nitrogens with two attached hydrogens (primary N) is 1. The number of fused-ring (bicyclic) bond motifs is 1. The van der Waals surface area contributed by atoms with Crippen molar-refractivity contribution in [1.82, 2.24) is 5.43 Å². The molecule has 2 aromatic rings. The van der Waals surface area contributed by atoms with Crippen molar-refractivity contribution < 1.29 is 14.0 Å². The monoisotopic (exact) mass is 305 g/mol. The molecular formula is C14H12ClN3O3. The number of carbonyl (C=O) groups is 2. The van der Waals surface area contributed by atoms with Crippen LogP contribution in [0.15, 0.2) is 34.9 Å². The van der Waals surface area contributed by atoms with Crippen LogP contribution >= 0.6 is 11.6 Å². The van der Waals surface area contributed by atoms with Gasteiger partial charge in [0.25, 0.3) is 5.91 Å². The molecule has 0 saturated heterocycles. The third-order valence-corrected chi connectivity index (χ3v) is 3.58. The van der Waals surface area contributed by atoms with E-state index in [1.54, 1.807) is 23.1 Å². The molecule has 0 saturated carbocycles. The number of hydrogen-bond acceptors (Lipinski definition) is 4. The number of halogens is 1. The molecule has 1 aliphatic rings. The number of anilines is 1. The fourth-order valence-electron chi connectivity index (χ4n) is 2.33. The molecule has 0 fully saturated rings. The van der Waals surface area contributed by atoms with Gasteiger partial charge in [-0.25, -0.2) is 5.84 Å². The van der Waals surface area contributed by atoms with E-state index in [0.717, 1.165) is 11.3 Å². The summed E-state index contributed by atoms with van der Waals surface area (Å²) in [4.78, 5) is 25.1. The first-order chi connectivity index (χ1) is 10.1. The number of benzene rings is 1. The molecule has 0 bridgehead atoms. The van der Waals surface area contributed by atoms with Crippen LogP contribution in [0.3, 0.4) is 0 Å². The van der Waals surface area contributed by atoms with Crippen molar-refractivity contribution in [2.45, 2.75) is 13.0 Å². The maximum absolute atomic E-state index is 12.1. The van der Waals surface area contributed by atoms with Crippen LogP contribution in [0.2, 0.25) is 5.02 Å². The van der Waals surface area contributed by atoms with Crippen LogP contribution in [0.5, 0.6) is 0 Å². The lowest BCUT2D eigenvalue weighted by Crippen LogP contribution is -2.29. The van der Waals surface area contributed by atoms with Gasteiger partial charge in [0, 0.05) is 10.7 Å². The number of carbonyl (C=O) groups excluding carboxylic acids is 2. The molecule has 2 heterocycles. The van der Waals surface area contributed by atoms with Crippen LogP contribution in [0, 0.1) is 0 Å². The van der Waals surface area contributed by atoms with Gasteiger partial charge in [-0.05, 0) is 23.8 Å². The smallest absolute Gasteiger partial charge is 0.268 e. The fraction of sp³-hybridized carbons (Fsp3) is 0.143. The van der Waals surface area contributed by atoms with Crippen LogP contribution in [0.1, 0.15) is 21.7 Å². The van der Waals surface area contributed by atoms with Crippen molar-refractivity contribution in [3.05, 3.63) is 52.4 Å². The molecule has 0 aliphatic carbocycles. The van der Waals surface area contributed by atoms with E-state index in [1.807, 2.05) is 11.5 Å². The van der Waals surface area contributed by atoms with Crippen molar-refractivity contribution in [3.63, 3.8) is 0 Å². The zero-order valence-electron chi connectivity index (χ0n) is 10.9. The Kier molecular flexibility index (Phi) is 3.40. The van der Waals surface area contributed by atoms with Crippen molar-refractivity contribution >= 4 is 29.1 Å². The van der Waals surface area contributed by atoms with Crippen LogP contribution in [0.4, 0.5) is 5.69 Å². The normalized spacial score (nSPS) is 13.4. The van der Waals surface area contributed by atoms with Gasteiger partial charge in [-0.2, -0.15) is 0 Å². The maximum Gasteiger partial charge on any atom is 0.268 e. The molecule has 0 radical (unpaired) electrons. The molecule has 108 valence electrons. The molecule has 21 heavy (non-hydrogen) atoms. The molecule has 3 rings (SSSR count). The van der Waals surface area contributed by atoms with E-state index in [1.165, 1.54) is 6.26 Å². The summed E-state index contributed by atoms with van der Waals surface area (Å²) in [6, 6.07) is 6.90. The summed E-state index contributed by atoms with van der Waals surface area (Å²) in [7, 11) is 0. The minimum atomic E-state index is -0.443. The highest BCUT2D eigenvalue weighted by Gasteiger charge is 2.28. The number of rotatable bonds is 3.